The summed E-state index contributed by atoms with van der Waals surface area (Å²) in [6.07, 6.45) is -0.429. The van der Waals surface area contributed by atoms with E-state index in [1.807, 2.05) is 36.4 Å². The van der Waals surface area contributed by atoms with Crippen LogP contribution in [0.5, 0.6) is 0 Å². The molecule has 1 amide bonds. The number of alkyl halides is 2. The van der Waals surface area contributed by atoms with Gasteiger partial charge in [-0.3, -0.25) is 4.79 Å². The lowest BCUT2D eigenvalue weighted by molar-refractivity contribution is -0.142. The Kier molecular flexibility index (Phi) is 3.28. The standard InChI is InChI=1S/C14H13F2NO/c15-14(16,13(17)18)8-7-10-5-6-11-3-1-2-4-12(11)9-10/h1-6,9H,7-8H2,(H2,17,18). The van der Waals surface area contributed by atoms with Gasteiger partial charge in [-0.2, -0.15) is 8.78 Å². The Bertz CT molecular complexity index is 581. The summed E-state index contributed by atoms with van der Waals surface area (Å²) in [7, 11) is 0. The van der Waals surface area contributed by atoms with Crippen LogP contribution in [0.1, 0.15) is 12.0 Å². The number of halogens is 2. The number of carbonyl (C=O) groups is 1. The van der Waals surface area contributed by atoms with Gasteiger partial charge in [0.1, 0.15) is 0 Å². The molecule has 2 N–H and O–H groups in total. The van der Waals surface area contributed by atoms with Gasteiger partial charge in [0.25, 0.3) is 5.91 Å². The summed E-state index contributed by atoms with van der Waals surface area (Å²) in [6, 6.07) is 13.2. The van der Waals surface area contributed by atoms with Crippen LogP contribution in [0.2, 0.25) is 0 Å². The first kappa shape index (κ1) is 12.5. The third kappa shape index (κ3) is 2.64. The fourth-order valence-electron chi connectivity index (χ4n) is 1.82. The number of hydrogen-bond acceptors (Lipinski definition) is 1. The molecular weight excluding hydrogens is 236 g/mol. The number of primary amides is 1. The molecule has 0 heterocycles. The average molecular weight is 249 g/mol. The van der Waals surface area contributed by atoms with Crippen molar-refractivity contribution in [2.24, 2.45) is 5.73 Å². The summed E-state index contributed by atoms with van der Waals surface area (Å²) in [5.74, 6) is -5.01. The van der Waals surface area contributed by atoms with Crippen molar-refractivity contribution in [3.8, 4) is 0 Å². The predicted molar refractivity (Wildman–Crippen MR) is 66.4 cm³/mol. The van der Waals surface area contributed by atoms with E-state index in [9.17, 15) is 13.6 Å². The second kappa shape index (κ2) is 4.72. The minimum Gasteiger partial charge on any atom is -0.364 e. The quantitative estimate of drug-likeness (QED) is 0.889. The number of amides is 1. The molecule has 2 aromatic rings. The number of rotatable bonds is 4. The Morgan fingerprint density at radius 3 is 2.44 bits per heavy atom. The summed E-state index contributed by atoms with van der Waals surface area (Å²) in [6.45, 7) is 0. The van der Waals surface area contributed by atoms with Gasteiger partial charge >= 0.3 is 5.92 Å². The number of aryl methyl sites for hydroxylation is 1. The average Bonchev–Trinajstić information content (AvgIpc) is 2.36. The summed E-state index contributed by atoms with van der Waals surface area (Å²) in [5.41, 5.74) is 5.41. The van der Waals surface area contributed by atoms with Crippen molar-refractivity contribution in [3.05, 3.63) is 48.0 Å². The molecular formula is C14H13F2NO. The molecule has 0 aliphatic carbocycles. The molecule has 0 aromatic heterocycles. The molecule has 4 heteroatoms. The third-order valence-corrected chi connectivity index (χ3v) is 2.90. The monoisotopic (exact) mass is 249 g/mol. The zero-order valence-electron chi connectivity index (χ0n) is 9.70. The van der Waals surface area contributed by atoms with Gasteiger partial charge in [-0.25, -0.2) is 0 Å². The molecule has 94 valence electrons. The van der Waals surface area contributed by atoms with Crippen molar-refractivity contribution in [3.63, 3.8) is 0 Å². The number of nitrogens with two attached hydrogens (primary N) is 1. The number of hydrogen-bond donors (Lipinski definition) is 1. The van der Waals surface area contributed by atoms with Gasteiger partial charge in [0.15, 0.2) is 0 Å². The second-order valence-corrected chi connectivity index (χ2v) is 4.25. The molecule has 0 unspecified atom stereocenters. The molecule has 0 spiro atoms. The van der Waals surface area contributed by atoms with Crippen LogP contribution in [0, 0.1) is 0 Å². The van der Waals surface area contributed by atoms with Gasteiger partial charge in [0.2, 0.25) is 0 Å². The second-order valence-electron chi connectivity index (χ2n) is 4.25. The summed E-state index contributed by atoms with van der Waals surface area (Å²) in [4.78, 5) is 10.5. The largest absolute Gasteiger partial charge is 0.364 e. The molecule has 0 atom stereocenters. The van der Waals surface area contributed by atoms with Crippen LogP contribution in [-0.4, -0.2) is 11.8 Å². The van der Waals surface area contributed by atoms with Crippen LogP contribution in [0.4, 0.5) is 8.78 Å². The van der Waals surface area contributed by atoms with E-state index in [0.29, 0.717) is 0 Å². The topological polar surface area (TPSA) is 43.1 Å². The highest BCUT2D eigenvalue weighted by Gasteiger charge is 2.35. The molecule has 0 aliphatic rings. The number of carbonyl (C=O) groups excluding carboxylic acids is 1. The number of fused-ring (bicyclic) bond motifs is 1. The first-order valence-corrected chi connectivity index (χ1v) is 5.64. The van der Waals surface area contributed by atoms with Gasteiger partial charge in [-0.15, -0.1) is 0 Å². The maximum atomic E-state index is 13.1. The lowest BCUT2D eigenvalue weighted by Gasteiger charge is -2.12. The van der Waals surface area contributed by atoms with Crippen LogP contribution in [-0.2, 0) is 11.2 Å². The van der Waals surface area contributed by atoms with Gasteiger partial charge < -0.3 is 5.73 Å². The highest BCUT2D eigenvalue weighted by Crippen LogP contribution is 2.22. The van der Waals surface area contributed by atoms with E-state index in [-0.39, 0.29) is 6.42 Å². The van der Waals surface area contributed by atoms with E-state index >= 15 is 0 Å². The normalized spacial score (nSPS) is 11.7. The maximum absolute atomic E-state index is 13.1. The lowest BCUT2D eigenvalue weighted by atomic mass is 10.0. The van der Waals surface area contributed by atoms with Crippen LogP contribution in [0.15, 0.2) is 42.5 Å². The van der Waals surface area contributed by atoms with Gasteiger partial charge in [-0.05, 0) is 22.8 Å². The molecule has 2 rings (SSSR count). The summed E-state index contributed by atoms with van der Waals surface area (Å²) in [5, 5.41) is 2.06. The fraction of sp³-hybridized carbons (Fsp3) is 0.214. The first-order chi connectivity index (χ1) is 8.49. The predicted octanol–water partition coefficient (Wildman–Crippen LogP) is 2.89. The van der Waals surface area contributed by atoms with Gasteiger partial charge in [-0.1, -0.05) is 42.5 Å². The highest BCUT2D eigenvalue weighted by atomic mass is 19.3. The first-order valence-electron chi connectivity index (χ1n) is 5.64. The molecule has 0 bridgehead atoms. The molecule has 0 radical (unpaired) electrons. The van der Waals surface area contributed by atoms with Crippen molar-refractivity contribution in [1.29, 1.82) is 0 Å². The van der Waals surface area contributed by atoms with Gasteiger partial charge in [0, 0.05) is 6.42 Å². The fourth-order valence-corrected chi connectivity index (χ4v) is 1.82. The third-order valence-electron chi connectivity index (χ3n) is 2.90. The molecule has 0 saturated heterocycles. The van der Waals surface area contributed by atoms with Crippen LogP contribution >= 0.6 is 0 Å². The Morgan fingerprint density at radius 2 is 1.78 bits per heavy atom. The van der Waals surface area contributed by atoms with E-state index < -0.39 is 18.3 Å². The van der Waals surface area contributed by atoms with Crippen molar-refractivity contribution < 1.29 is 13.6 Å². The van der Waals surface area contributed by atoms with E-state index in [0.717, 1.165) is 16.3 Å². The summed E-state index contributed by atoms with van der Waals surface area (Å²) < 4.78 is 26.1. The van der Waals surface area contributed by atoms with Crippen LogP contribution in [0.25, 0.3) is 10.8 Å². The van der Waals surface area contributed by atoms with Crippen molar-refractivity contribution in [1.82, 2.24) is 0 Å². The van der Waals surface area contributed by atoms with E-state index in [1.165, 1.54) is 0 Å². The van der Waals surface area contributed by atoms with E-state index in [4.69, 9.17) is 0 Å². The zero-order chi connectivity index (χ0) is 13.2. The number of benzene rings is 2. The maximum Gasteiger partial charge on any atom is 0.324 e. The van der Waals surface area contributed by atoms with E-state index in [2.05, 4.69) is 5.73 Å². The molecule has 18 heavy (non-hydrogen) atoms. The molecule has 0 saturated carbocycles. The Labute approximate surface area is 103 Å². The minimum absolute atomic E-state index is 0.126. The van der Waals surface area contributed by atoms with Crippen molar-refractivity contribution in [2.45, 2.75) is 18.8 Å². The van der Waals surface area contributed by atoms with Crippen LogP contribution in [0.3, 0.4) is 0 Å². The van der Waals surface area contributed by atoms with Crippen molar-refractivity contribution >= 4 is 16.7 Å². The minimum atomic E-state index is -3.44. The molecule has 0 fully saturated rings. The Hall–Kier alpha value is -1.97. The Morgan fingerprint density at radius 1 is 1.11 bits per heavy atom. The Balaban J connectivity index is 2.15. The molecule has 0 aliphatic heterocycles. The van der Waals surface area contributed by atoms with Crippen LogP contribution < -0.4 is 5.73 Å². The lowest BCUT2D eigenvalue weighted by Crippen LogP contribution is -2.35. The molecule has 2 nitrogen and oxygen atoms in total. The zero-order valence-corrected chi connectivity index (χ0v) is 9.70. The SMILES string of the molecule is NC(=O)C(F)(F)CCc1ccc2ccccc2c1. The highest BCUT2D eigenvalue weighted by molar-refractivity contribution is 5.83. The summed E-state index contributed by atoms with van der Waals surface area (Å²) >= 11 is 0. The van der Waals surface area contributed by atoms with Crippen molar-refractivity contribution in [2.75, 3.05) is 0 Å². The molecule has 2 aromatic carbocycles. The van der Waals surface area contributed by atoms with Gasteiger partial charge in [0.05, 0.1) is 0 Å². The smallest absolute Gasteiger partial charge is 0.324 e. The van der Waals surface area contributed by atoms with E-state index in [1.54, 1.807) is 6.07 Å².